The molecule has 0 amide bonds. The van der Waals surface area contributed by atoms with Gasteiger partial charge in [0.05, 0.1) is 5.75 Å². The topological polar surface area (TPSA) is 62.3 Å². The van der Waals surface area contributed by atoms with Crippen molar-refractivity contribution in [1.29, 1.82) is 0 Å². The molecule has 100 valence electrons. The second kappa shape index (κ2) is 5.77. The maximum Gasteiger partial charge on any atom is 0.218 e. The summed E-state index contributed by atoms with van der Waals surface area (Å²) in [7, 11) is -1.57. The van der Waals surface area contributed by atoms with Gasteiger partial charge in [0.2, 0.25) is 10.0 Å². The third-order valence-corrected chi connectivity index (χ3v) is 5.20. The number of hydrogen-bond donors (Lipinski definition) is 1. The minimum Gasteiger partial charge on any atom is -0.315 e. The average Bonchev–Trinajstić information content (AvgIpc) is 2.39. The standard InChI is InChI=1S/C12H19N3O2S/c1-15(12-3-2-6-14-9-12)18(16,17)10-11-4-7-13-8-5-11/h4-5,7-8,12,14H,2-3,6,9-10H2,1H3/t12-/m0/s1. The molecule has 0 unspecified atom stereocenters. The van der Waals surface area contributed by atoms with E-state index in [0.717, 1.165) is 31.5 Å². The molecule has 0 aromatic carbocycles. The van der Waals surface area contributed by atoms with Gasteiger partial charge in [-0.1, -0.05) is 0 Å². The smallest absolute Gasteiger partial charge is 0.218 e. The molecule has 0 aliphatic carbocycles. The molecular formula is C12H19N3O2S. The number of sulfonamides is 1. The molecule has 1 N–H and O–H groups in total. The first-order valence-corrected chi connectivity index (χ1v) is 7.76. The van der Waals surface area contributed by atoms with E-state index >= 15 is 0 Å². The summed E-state index contributed by atoms with van der Waals surface area (Å²) in [5, 5.41) is 3.24. The van der Waals surface area contributed by atoms with Gasteiger partial charge < -0.3 is 5.32 Å². The van der Waals surface area contributed by atoms with Crippen molar-refractivity contribution in [3.05, 3.63) is 30.1 Å². The van der Waals surface area contributed by atoms with Crippen LogP contribution in [0.2, 0.25) is 0 Å². The summed E-state index contributed by atoms with van der Waals surface area (Å²) in [6.07, 6.45) is 5.19. The summed E-state index contributed by atoms with van der Waals surface area (Å²) >= 11 is 0. The molecule has 1 fully saturated rings. The number of nitrogens with one attached hydrogen (secondary N) is 1. The van der Waals surface area contributed by atoms with Gasteiger partial charge in [-0.2, -0.15) is 0 Å². The highest BCUT2D eigenvalue weighted by Gasteiger charge is 2.27. The fourth-order valence-electron chi connectivity index (χ4n) is 2.16. The molecule has 1 aromatic rings. The van der Waals surface area contributed by atoms with Crippen LogP contribution in [-0.2, 0) is 15.8 Å². The molecule has 2 heterocycles. The van der Waals surface area contributed by atoms with Gasteiger partial charge in [-0.15, -0.1) is 0 Å². The normalized spacial score (nSPS) is 21.1. The summed E-state index contributed by atoms with van der Waals surface area (Å²) in [5.41, 5.74) is 0.778. The van der Waals surface area contributed by atoms with Gasteiger partial charge in [0, 0.05) is 32.0 Å². The van der Waals surface area contributed by atoms with Gasteiger partial charge in [-0.25, -0.2) is 12.7 Å². The quantitative estimate of drug-likeness (QED) is 0.869. The zero-order valence-electron chi connectivity index (χ0n) is 10.5. The molecule has 18 heavy (non-hydrogen) atoms. The van der Waals surface area contributed by atoms with Crippen molar-refractivity contribution in [2.45, 2.75) is 24.6 Å². The fraction of sp³-hybridized carbons (Fsp3) is 0.583. The van der Waals surface area contributed by atoms with E-state index in [9.17, 15) is 8.42 Å². The van der Waals surface area contributed by atoms with Gasteiger partial charge in [0.25, 0.3) is 0 Å². The van der Waals surface area contributed by atoms with Crippen LogP contribution < -0.4 is 5.32 Å². The number of rotatable bonds is 4. The Morgan fingerprint density at radius 2 is 2.17 bits per heavy atom. The van der Waals surface area contributed by atoms with Gasteiger partial charge in [-0.3, -0.25) is 4.98 Å². The van der Waals surface area contributed by atoms with Gasteiger partial charge >= 0.3 is 0 Å². The molecule has 1 aliphatic heterocycles. The minimum atomic E-state index is -3.25. The van der Waals surface area contributed by atoms with Crippen LogP contribution in [0.1, 0.15) is 18.4 Å². The van der Waals surface area contributed by atoms with Crippen molar-refractivity contribution in [3.8, 4) is 0 Å². The molecule has 0 radical (unpaired) electrons. The largest absolute Gasteiger partial charge is 0.315 e. The Morgan fingerprint density at radius 3 is 2.78 bits per heavy atom. The van der Waals surface area contributed by atoms with Crippen LogP contribution in [0, 0.1) is 0 Å². The number of hydrogen-bond acceptors (Lipinski definition) is 4. The van der Waals surface area contributed by atoms with Crippen LogP contribution in [0.3, 0.4) is 0 Å². The van der Waals surface area contributed by atoms with Crippen LogP contribution in [0.4, 0.5) is 0 Å². The second-order valence-corrected chi connectivity index (χ2v) is 6.66. The van der Waals surface area contributed by atoms with Crippen LogP contribution in [0.25, 0.3) is 0 Å². The molecule has 0 spiro atoms. The zero-order valence-corrected chi connectivity index (χ0v) is 11.4. The van der Waals surface area contributed by atoms with Crippen LogP contribution in [0.5, 0.6) is 0 Å². The van der Waals surface area contributed by atoms with E-state index < -0.39 is 10.0 Å². The van der Waals surface area contributed by atoms with E-state index in [1.54, 1.807) is 31.6 Å². The number of piperidine rings is 1. The van der Waals surface area contributed by atoms with Crippen LogP contribution in [-0.4, -0.2) is 43.9 Å². The molecule has 6 heteroatoms. The van der Waals surface area contributed by atoms with Crippen LogP contribution >= 0.6 is 0 Å². The third-order valence-electron chi connectivity index (χ3n) is 3.32. The Morgan fingerprint density at radius 1 is 1.44 bits per heavy atom. The third kappa shape index (κ3) is 3.28. The van der Waals surface area contributed by atoms with Crippen molar-refractivity contribution in [2.75, 3.05) is 20.1 Å². The van der Waals surface area contributed by atoms with E-state index in [4.69, 9.17) is 0 Å². The Labute approximate surface area is 108 Å². The predicted molar refractivity (Wildman–Crippen MR) is 70.5 cm³/mol. The van der Waals surface area contributed by atoms with Crippen molar-refractivity contribution in [3.63, 3.8) is 0 Å². The molecular weight excluding hydrogens is 250 g/mol. The number of likely N-dealkylation sites (N-methyl/N-ethyl adjacent to an activating group) is 1. The van der Waals surface area contributed by atoms with E-state index in [1.165, 1.54) is 4.31 Å². The first-order valence-electron chi connectivity index (χ1n) is 6.15. The van der Waals surface area contributed by atoms with E-state index in [-0.39, 0.29) is 11.8 Å². The zero-order chi connectivity index (χ0) is 13.0. The lowest BCUT2D eigenvalue weighted by atomic mass is 10.1. The molecule has 5 nitrogen and oxygen atoms in total. The van der Waals surface area contributed by atoms with E-state index in [2.05, 4.69) is 10.3 Å². The monoisotopic (exact) mass is 269 g/mol. The highest BCUT2D eigenvalue weighted by atomic mass is 32.2. The first kappa shape index (κ1) is 13.5. The summed E-state index contributed by atoms with van der Waals surface area (Å²) in [6, 6.07) is 3.56. The molecule has 0 bridgehead atoms. The second-order valence-electron chi connectivity index (χ2n) is 4.63. The molecule has 1 atom stereocenters. The molecule has 2 rings (SSSR count). The SMILES string of the molecule is CN([C@H]1CCCNC1)S(=O)(=O)Cc1ccncc1. The lowest BCUT2D eigenvalue weighted by Gasteiger charge is -2.30. The van der Waals surface area contributed by atoms with Crippen molar-refractivity contribution < 1.29 is 8.42 Å². The Bertz CT molecular complexity index is 469. The van der Waals surface area contributed by atoms with Crippen molar-refractivity contribution in [1.82, 2.24) is 14.6 Å². The lowest BCUT2D eigenvalue weighted by Crippen LogP contribution is -2.46. The van der Waals surface area contributed by atoms with Gasteiger partial charge in [-0.05, 0) is 37.1 Å². The van der Waals surface area contributed by atoms with Crippen molar-refractivity contribution in [2.24, 2.45) is 0 Å². The van der Waals surface area contributed by atoms with E-state index in [1.807, 2.05) is 0 Å². The fourth-order valence-corrected chi connectivity index (χ4v) is 3.61. The summed E-state index contributed by atoms with van der Waals surface area (Å²) in [4.78, 5) is 3.89. The van der Waals surface area contributed by atoms with Crippen molar-refractivity contribution >= 4 is 10.0 Å². The average molecular weight is 269 g/mol. The number of aromatic nitrogens is 1. The summed E-state index contributed by atoms with van der Waals surface area (Å²) < 4.78 is 26.1. The van der Waals surface area contributed by atoms with Crippen LogP contribution in [0.15, 0.2) is 24.5 Å². The molecule has 0 saturated carbocycles. The Balaban J connectivity index is 2.05. The maximum atomic E-state index is 12.3. The van der Waals surface area contributed by atoms with E-state index in [0.29, 0.717) is 0 Å². The van der Waals surface area contributed by atoms with Gasteiger partial charge in [0.15, 0.2) is 0 Å². The lowest BCUT2D eigenvalue weighted by molar-refractivity contribution is 0.300. The minimum absolute atomic E-state index is 0.0442. The molecule has 1 saturated heterocycles. The Hall–Kier alpha value is -0.980. The van der Waals surface area contributed by atoms with Gasteiger partial charge in [0.1, 0.15) is 0 Å². The maximum absolute atomic E-state index is 12.3. The first-order chi connectivity index (χ1) is 8.59. The summed E-state index contributed by atoms with van der Waals surface area (Å²) in [5.74, 6) is 0.0442. The highest BCUT2D eigenvalue weighted by Crippen LogP contribution is 2.16. The number of pyridine rings is 1. The highest BCUT2D eigenvalue weighted by molar-refractivity contribution is 7.88. The summed E-state index contributed by atoms with van der Waals surface area (Å²) in [6.45, 7) is 1.72. The Kier molecular flexibility index (Phi) is 4.31. The molecule has 1 aromatic heterocycles. The molecule has 1 aliphatic rings. The predicted octanol–water partition coefficient (Wildman–Crippen LogP) is 0.595. The number of nitrogens with zero attached hydrogens (tertiary/aromatic N) is 2.